The number of halogens is 3. The fourth-order valence-electron chi connectivity index (χ4n) is 1.70. The summed E-state index contributed by atoms with van der Waals surface area (Å²) in [5.41, 5.74) is 4.84. The summed E-state index contributed by atoms with van der Waals surface area (Å²) in [6.45, 7) is 2.75. The summed E-state index contributed by atoms with van der Waals surface area (Å²) < 4.78 is 36.5. The summed E-state index contributed by atoms with van der Waals surface area (Å²) in [5, 5.41) is 0. The van der Waals surface area contributed by atoms with Crippen molar-refractivity contribution in [1.82, 2.24) is 4.90 Å². The van der Waals surface area contributed by atoms with E-state index in [9.17, 15) is 18.0 Å². The van der Waals surface area contributed by atoms with E-state index >= 15 is 0 Å². The number of amides is 1. The second-order valence-corrected chi connectivity index (χ2v) is 3.87. The first-order chi connectivity index (χ1) is 6.86. The Hall–Kier alpha value is -0.780. The first-order valence-corrected chi connectivity index (χ1v) is 4.97. The van der Waals surface area contributed by atoms with Crippen molar-refractivity contribution in [1.29, 1.82) is 0 Å². The van der Waals surface area contributed by atoms with Crippen LogP contribution in [0.1, 0.15) is 19.8 Å². The third kappa shape index (κ3) is 2.84. The zero-order valence-electron chi connectivity index (χ0n) is 8.55. The molecule has 2 unspecified atom stereocenters. The van der Waals surface area contributed by atoms with E-state index < -0.39 is 18.1 Å². The Morgan fingerprint density at radius 2 is 2.20 bits per heavy atom. The second-order valence-electron chi connectivity index (χ2n) is 3.87. The molecule has 1 saturated heterocycles. The van der Waals surface area contributed by atoms with Gasteiger partial charge in [0, 0.05) is 13.1 Å². The first kappa shape index (κ1) is 12.3. The minimum absolute atomic E-state index is 0.314. The van der Waals surface area contributed by atoms with Crippen LogP contribution >= 0.6 is 0 Å². The van der Waals surface area contributed by atoms with Crippen molar-refractivity contribution in [2.75, 3.05) is 13.1 Å². The van der Waals surface area contributed by atoms with E-state index in [0.717, 1.165) is 12.8 Å². The average Bonchev–Trinajstić information content (AvgIpc) is 2.62. The van der Waals surface area contributed by atoms with Crippen molar-refractivity contribution < 1.29 is 18.0 Å². The zero-order valence-corrected chi connectivity index (χ0v) is 8.55. The van der Waals surface area contributed by atoms with Gasteiger partial charge in [0.05, 0.1) is 0 Å². The largest absolute Gasteiger partial charge is 0.412 e. The van der Waals surface area contributed by atoms with Crippen LogP contribution in [0.25, 0.3) is 0 Å². The highest BCUT2D eigenvalue weighted by atomic mass is 19.4. The molecule has 15 heavy (non-hydrogen) atoms. The van der Waals surface area contributed by atoms with E-state index in [0.29, 0.717) is 19.0 Å². The number of nitrogens with two attached hydrogens (primary N) is 1. The summed E-state index contributed by atoms with van der Waals surface area (Å²) in [5.74, 6) is -0.687. The Morgan fingerprint density at radius 3 is 2.60 bits per heavy atom. The van der Waals surface area contributed by atoms with Crippen LogP contribution in [0, 0.1) is 5.92 Å². The standard InChI is InChI=1S/C9H15F3N2O/c1-2-6-3-4-14(5-6)8(15)7(13)9(10,11)12/h6-7H,2-5,13H2,1H3. The maximum Gasteiger partial charge on any atom is 0.412 e. The highest BCUT2D eigenvalue weighted by molar-refractivity contribution is 5.82. The molecule has 0 spiro atoms. The molecule has 2 atom stereocenters. The number of carbonyl (C=O) groups excluding carboxylic acids is 1. The number of nitrogens with zero attached hydrogens (tertiary/aromatic N) is 1. The van der Waals surface area contributed by atoms with E-state index in [1.54, 1.807) is 0 Å². The van der Waals surface area contributed by atoms with Gasteiger partial charge in [0.15, 0.2) is 6.04 Å². The van der Waals surface area contributed by atoms with Gasteiger partial charge in [0.25, 0.3) is 0 Å². The molecule has 0 aromatic carbocycles. The van der Waals surface area contributed by atoms with Gasteiger partial charge < -0.3 is 10.6 Å². The lowest BCUT2D eigenvalue weighted by Gasteiger charge is -2.22. The van der Waals surface area contributed by atoms with Gasteiger partial charge >= 0.3 is 6.18 Å². The lowest BCUT2D eigenvalue weighted by Crippen LogP contribution is -2.51. The maximum absolute atomic E-state index is 12.2. The fraction of sp³-hybridized carbons (Fsp3) is 0.889. The summed E-state index contributed by atoms with van der Waals surface area (Å²) in [4.78, 5) is 12.5. The van der Waals surface area contributed by atoms with Gasteiger partial charge in [-0.1, -0.05) is 13.3 Å². The van der Waals surface area contributed by atoms with Crippen molar-refractivity contribution in [3.05, 3.63) is 0 Å². The summed E-state index contributed by atoms with van der Waals surface area (Å²) in [7, 11) is 0. The number of likely N-dealkylation sites (tertiary alicyclic amines) is 1. The van der Waals surface area contributed by atoms with E-state index in [1.165, 1.54) is 4.90 Å². The van der Waals surface area contributed by atoms with Gasteiger partial charge in [-0.2, -0.15) is 13.2 Å². The highest BCUT2D eigenvalue weighted by Gasteiger charge is 2.44. The van der Waals surface area contributed by atoms with E-state index in [2.05, 4.69) is 0 Å². The molecule has 1 heterocycles. The van der Waals surface area contributed by atoms with E-state index in [1.807, 2.05) is 6.92 Å². The van der Waals surface area contributed by atoms with Gasteiger partial charge in [-0.25, -0.2) is 0 Å². The summed E-state index contributed by atoms with van der Waals surface area (Å²) in [6.07, 6.45) is -2.99. The molecule has 0 saturated carbocycles. The predicted molar refractivity (Wildman–Crippen MR) is 49.0 cm³/mol. The molecule has 1 rings (SSSR count). The molecule has 1 aliphatic heterocycles. The smallest absolute Gasteiger partial charge is 0.341 e. The van der Waals surface area contributed by atoms with Crippen LogP contribution in [0.2, 0.25) is 0 Å². The second kappa shape index (κ2) is 4.38. The number of hydrogen-bond acceptors (Lipinski definition) is 2. The normalized spacial score (nSPS) is 24.3. The summed E-state index contributed by atoms with van der Waals surface area (Å²) >= 11 is 0. The van der Waals surface area contributed by atoms with Crippen molar-refractivity contribution in [2.24, 2.45) is 11.7 Å². The van der Waals surface area contributed by atoms with Crippen molar-refractivity contribution >= 4 is 5.91 Å². The Morgan fingerprint density at radius 1 is 1.60 bits per heavy atom. The molecule has 0 aromatic heterocycles. The Kier molecular flexibility index (Phi) is 3.59. The monoisotopic (exact) mass is 224 g/mol. The number of alkyl halides is 3. The Labute approximate surface area is 86.4 Å². The van der Waals surface area contributed by atoms with Crippen LogP contribution in [-0.4, -0.2) is 36.1 Å². The van der Waals surface area contributed by atoms with Crippen molar-refractivity contribution in [3.8, 4) is 0 Å². The lowest BCUT2D eigenvalue weighted by molar-refractivity contribution is -0.169. The van der Waals surface area contributed by atoms with Crippen LogP contribution < -0.4 is 5.73 Å². The van der Waals surface area contributed by atoms with Gasteiger partial charge in [0.2, 0.25) is 5.91 Å². The Balaban J connectivity index is 2.55. The van der Waals surface area contributed by atoms with Crippen LogP contribution in [0.4, 0.5) is 13.2 Å². The molecule has 1 amide bonds. The molecule has 88 valence electrons. The van der Waals surface area contributed by atoms with Gasteiger partial charge in [-0.3, -0.25) is 4.79 Å². The Bertz CT molecular complexity index is 242. The van der Waals surface area contributed by atoms with E-state index in [4.69, 9.17) is 5.73 Å². The predicted octanol–water partition coefficient (Wildman–Crippen LogP) is 1.13. The SMILES string of the molecule is CCC1CCN(C(=O)C(N)C(F)(F)F)C1. The highest BCUT2D eigenvalue weighted by Crippen LogP contribution is 2.24. The number of hydrogen-bond donors (Lipinski definition) is 1. The number of carbonyl (C=O) groups is 1. The molecule has 0 radical (unpaired) electrons. The zero-order chi connectivity index (χ0) is 11.6. The third-order valence-electron chi connectivity index (χ3n) is 2.79. The van der Waals surface area contributed by atoms with Gasteiger partial charge in [-0.15, -0.1) is 0 Å². The lowest BCUT2D eigenvalue weighted by atomic mass is 10.1. The maximum atomic E-state index is 12.2. The van der Waals surface area contributed by atoms with Gasteiger partial charge in [-0.05, 0) is 12.3 Å². The van der Waals surface area contributed by atoms with Crippen LogP contribution in [-0.2, 0) is 4.79 Å². The molecule has 1 aliphatic rings. The van der Waals surface area contributed by atoms with Gasteiger partial charge in [0.1, 0.15) is 0 Å². The molecular formula is C9H15F3N2O. The molecule has 1 fully saturated rings. The molecule has 3 nitrogen and oxygen atoms in total. The van der Waals surface area contributed by atoms with Crippen molar-refractivity contribution in [2.45, 2.75) is 32.0 Å². The third-order valence-corrected chi connectivity index (χ3v) is 2.79. The topological polar surface area (TPSA) is 46.3 Å². The molecular weight excluding hydrogens is 209 g/mol. The number of rotatable bonds is 2. The molecule has 0 aromatic rings. The minimum Gasteiger partial charge on any atom is -0.341 e. The molecule has 2 N–H and O–H groups in total. The average molecular weight is 224 g/mol. The quantitative estimate of drug-likeness (QED) is 0.764. The molecule has 6 heteroatoms. The van der Waals surface area contributed by atoms with E-state index in [-0.39, 0.29) is 0 Å². The van der Waals surface area contributed by atoms with Crippen LogP contribution in [0.5, 0.6) is 0 Å². The molecule has 0 bridgehead atoms. The van der Waals surface area contributed by atoms with Crippen molar-refractivity contribution in [3.63, 3.8) is 0 Å². The fourth-order valence-corrected chi connectivity index (χ4v) is 1.70. The van der Waals surface area contributed by atoms with Crippen LogP contribution in [0.15, 0.2) is 0 Å². The summed E-state index contributed by atoms with van der Waals surface area (Å²) in [6, 6.07) is -2.37. The molecule has 0 aliphatic carbocycles. The van der Waals surface area contributed by atoms with Crippen LogP contribution in [0.3, 0.4) is 0 Å². The first-order valence-electron chi connectivity index (χ1n) is 4.97. The minimum atomic E-state index is -4.64.